The molecular formula is C12H16FNO. The zero-order valence-electron chi connectivity index (χ0n) is 8.67. The van der Waals surface area contributed by atoms with E-state index in [4.69, 9.17) is 0 Å². The minimum Gasteiger partial charge on any atom is -0.508 e. The van der Waals surface area contributed by atoms with Gasteiger partial charge in [-0.15, -0.1) is 0 Å². The van der Waals surface area contributed by atoms with E-state index in [1.54, 1.807) is 6.07 Å². The Morgan fingerprint density at radius 3 is 2.80 bits per heavy atom. The first-order chi connectivity index (χ1) is 7.24. The van der Waals surface area contributed by atoms with E-state index in [9.17, 15) is 9.50 Å². The van der Waals surface area contributed by atoms with Crippen LogP contribution in [0.3, 0.4) is 0 Å². The standard InChI is InChI=1S/C12H16FNO/c13-11-5-10(6-12(15)7-11)8-14-4-3-9-1-2-9/h5-7,9,14-15H,1-4,8H2. The van der Waals surface area contributed by atoms with Gasteiger partial charge in [-0.2, -0.15) is 0 Å². The lowest BCUT2D eigenvalue weighted by Crippen LogP contribution is -2.15. The summed E-state index contributed by atoms with van der Waals surface area (Å²) in [4.78, 5) is 0. The summed E-state index contributed by atoms with van der Waals surface area (Å²) in [5.41, 5.74) is 0.795. The van der Waals surface area contributed by atoms with E-state index in [-0.39, 0.29) is 11.6 Å². The molecule has 1 aromatic carbocycles. The highest BCUT2D eigenvalue weighted by atomic mass is 19.1. The molecule has 1 fully saturated rings. The predicted octanol–water partition coefficient (Wildman–Crippen LogP) is 2.42. The number of nitrogens with one attached hydrogen (secondary N) is 1. The number of phenolic OH excluding ortho intramolecular Hbond substituents is 1. The van der Waals surface area contributed by atoms with Crippen LogP contribution in [0.25, 0.3) is 0 Å². The number of aromatic hydroxyl groups is 1. The van der Waals surface area contributed by atoms with Gasteiger partial charge in [0.1, 0.15) is 11.6 Å². The van der Waals surface area contributed by atoms with Crippen molar-refractivity contribution in [3.05, 3.63) is 29.6 Å². The third-order valence-corrected chi connectivity index (χ3v) is 2.70. The molecule has 82 valence electrons. The monoisotopic (exact) mass is 209 g/mol. The Labute approximate surface area is 89.1 Å². The minimum absolute atomic E-state index is 0.00556. The molecule has 2 N–H and O–H groups in total. The number of hydrogen-bond acceptors (Lipinski definition) is 2. The van der Waals surface area contributed by atoms with Crippen LogP contribution >= 0.6 is 0 Å². The summed E-state index contributed by atoms with van der Waals surface area (Å²) < 4.78 is 12.9. The van der Waals surface area contributed by atoms with E-state index in [1.807, 2.05) is 0 Å². The van der Waals surface area contributed by atoms with Gasteiger partial charge in [0.2, 0.25) is 0 Å². The molecule has 0 unspecified atom stereocenters. The Bertz CT molecular complexity index is 316. The Morgan fingerprint density at radius 1 is 1.33 bits per heavy atom. The van der Waals surface area contributed by atoms with Gasteiger partial charge in [-0.1, -0.05) is 12.8 Å². The lowest BCUT2D eigenvalue weighted by atomic mass is 10.2. The topological polar surface area (TPSA) is 32.3 Å². The van der Waals surface area contributed by atoms with Crippen molar-refractivity contribution < 1.29 is 9.50 Å². The Morgan fingerprint density at radius 2 is 2.13 bits per heavy atom. The zero-order valence-corrected chi connectivity index (χ0v) is 8.67. The van der Waals surface area contributed by atoms with Crippen molar-refractivity contribution in [2.24, 2.45) is 5.92 Å². The second-order valence-electron chi connectivity index (χ2n) is 4.23. The Kier molecular flexibility index (Phi) is 3.21. The molecule has 0 radical (unpaired) electrons. The van der Waals surface area contributed by atoms with Crippen LogP contribution in [0.4, 0.5) is 4.39 Å². The van der Waals surface area contributed by atoms with E-state index in [0.29, 0.717) is 6.54 Å². The molecule has 1 saturated carbocycles. The fourth-order valence-corrected chi connectivity index (χ4v) is 1.68. The molecule has 0 aromatic heterocycles. The van der Waals surface area contributed by atoms with Crippen LogP contribution in [0, 0.1) is 11.7 Å². The number of halogens is 1. The summed E-state index contributed by atoms with van der Waals surface area (Å²) in [6.07, 6.45) is 3.94. The molecule has 0 aliphatic heterocycles. The molecule has 0 atom stereocenters. The molecule has 2 rings (SSSR count). The molecule has 2 nitrogen and oxygen atoms in total. The van der Waals surface area contributed by atoms with E-state index < -0.39 is 0 Å². The van der Waals surface area contributed by atoms with Crippen LogP contribution in [0.2, 0.25) is 0 Å². The number of hydrogen-bond donors (Lipinski definition) is 2. The average molecular weight is 209 g/mol. The van der Waals surface area contributed by atoms with E-state index >= 15 is 0 Å². The number of benzene rings is 1. The first-order valence-electron chi connectivity index (χ1n) is 5.43. The summed E-state index contributed by atoms with van der Waals surface area (Å²) in [6.45, 7) is 1.60. The third kappa shape index (κ3) is 3.51. The maximum absolute atomic E-state index is 12.9. The van der Waals surface area contributed by atoms with E-state index in [1.165, 1.54) is 25.3 Å². The minimum atomic E-state index is -0.381. The van der Waals surface area contributed by atoms with Crippen molar-refractivity contribution in [1.82, 2.24) is 5.32 Å². The molecule has 0 saturated heterocycles. The van der Waals surface area contributed by atoms with Crippen LogP contribution in [0.1, 0.15) is 24.8 Å². The van der Waals surface area contributed by atoms with Crippen LogP contribution in [-0.2, 0) is 6.54 Å². The van der Waals surface area contributed by atoms with Crippen LogP contribution < -0.4 is 5.32 Å². The molecule has 1 aromatic rings. The van der Waals surface area contributed by atoms with Crippen molar-refractivity contribution in [3.63, 3.8) is 0 Å². The molecular weight excluding hydrogens is 193 g/mol. The van der Waals surface area contributed by atoms with Gasteiger partial charge in [-0.3, -0.25) is 0 Å². The van der Waals surface area contributed by atoms with E-state index in [0.717, 1.165) is 24.1 Å². The first-order valence-corrected chi connectivity index (χ1v) is 5.43. The van der Waals surface area contributed by atoms with Crippen molar-refractivity contribution in [2.45, 2.75) is 25.8 Å². The average Bonchev–Trinajstić information content (AvgIpc) is 2.94. The number of rotatable bonds is 5. The van der Waals surface area contributed by atoms with Crippen molar-refractivity contribution >= 4 is 0 Å². The van der Waals surface area contributed by atoms with Gasteiger partial charge in [0, 0.05) is 12.6 Å². The highest BCUT2D eigenvalue weighted by Gasteiger charge is 2.19. The lowest BCUT2D eigenvalue weighted by molar-refractivity contribution is 0.467. The van der Waals surface area contributed by atoms with Gasteiger partial charge in [0.15, 0.2) is 0 Å². The summed E-state index contributed by atoms with van der Waals surface area (Å²) in [5.74, 6) is 0.529. The molecule has 0 heterocycles. The van der Waals surface area contributed by atoms with Gasteiger partial charge in [-0.05, 0) is 36.6 Å². The largest absolute Gasteiger partial charge is 0.508 e. The van der Waals surface area contributed by atoms with Gasteiger partial charge >= 0.3 is 0 Å². The van der Waals surface area contributed by atoms with Crippen LogP contribution in [-0.4, -0.2) is 11.7 Å². The molecule has 15 heavy (non-hydrogen) atoms. The molecule has 0 amide bonds. The molecule has 3 heteroatoms. The Balaban J connectivity index is 1.76. The molecule has 1 aliphatic carbocycles. The third-order valence-electron chi connectivity index (χ3n) is 2.70. The smallest absolute Gasteiger partial charge is 0.127 e. The highest BCUT2D eigenvalue weighted by Crippen LogP contribution is 2.31. The maximum Gasteiger partial charge on any atom is 0.127 e. The number of phenols is 1. The predicted molar refractivity (Wildman–Crippen MR) is 57.1 cm³/mol. The SMILES string of the molecule is Oc1cc(F)cc(CNCCC2CC2)c1. The quantitative estimate of drug-likeness (QED) is 0.730. The second-order valence-corrected chi connectivity index (χ2v) is 4.23. The normalized spacial score (nSPS) is 15.5. The van der Waals surface area contributed by atoms with Gasteiger partial charge < -0.3 is 10.4 Å². The second kappa shape index (κ2) is 4.62. The first kappa shape index (κ1) is 10.4. The molecule has 1 aliphatic rings. The van der Waals surface area contributed by atoms with Crippen molar-refractivity contribution in [3.8, 4) is 5.75 Å². The molecule has 0 bridgehead atoms. The van der Waals surface area contributed by atoms with Crippen LogP contribution in [0.5, 0.6) is 5.75 Å². The van der Waals surface area contributed by atoms with Crippen LogP contribution in [0.15, 0.2) is 18.2 Å². The Hall–Kier alpha value is -1.09. The van der Waals surface area contributed by atoms with Gasteiger partial charge in [0.25, 0.3) is 0 Å². The van der Waals surface area contributed by atoms with Gasteiger partial charge in [0.05, 0.1) is 0 Å². The summed E-state index contributed by atoms with van der Waals surface area (Å²) in [7, 11) is 0. The summed E-state index contributed by atoms with van der Waals surface area (Å²) in [6, 6.07) is 4.16. The lowest BCUT2D eigenvalue weighted by Gasteiger charge is -2.05. The molecule has 0 spiro atoms. The van der Waals surface area contributed by atoms with Gasteiger partial charge in [-0.25, -0.2) is 4.39 Å². The summed E-state index contributed by atoms with van der Waals surface area (Å²) in [5, 5.41) is 12.4. The highest BCUT2D eigenvalue weighted by molar-refractivity contribution is 5.28. The summed E-state index contributed by atoms with van der Waals surface area (Å²) >= 11 is 0. The fraction of sp³-hybridized carbons (Fsp3) is 0.500. The van der Waals surface area contributed by atoms with Crippen molar-refractivity contribution in [2.75, 3.05) is 6.54 Å². The van der Waals surface area contributed by atoms with E-state index in [2.05, 4.69) is 5.32 Å². The maximum atomic E-state index is 12.9. The zero-order chi connectivity index (χ0) is 10.7. The van der Waals surface area contributed by atoms with Crippen molar-refractivity contribution in [1.29, 1.82) is 0 Å². The fourth-order valence-electron chi connectivity index (χ4n) is 1.68.